The number of rotatable bonds is 5. The third kappa shape index (κ3) is 4.67. The predicted octanol–water partition coefficient (Wildman–Crippen LogP) is 5.50. The number of anilines is 1. The highest BCUT2D eigenvalue weighted by Gasteiger charge is 2.18. The number of sulfonamides is 1. The average Bonchev–Trinajstić information content (AvgIpc) is 3.24. The van der Waals surface area contributed by atoms with Crippen LogP contribution in [0.2, 0.25) is 0 Å². The van der Waals surface area contributed by atoms with Gasteiger partial charge in [0.15, 0.2) is 0 Å². The van der Waals surface area contributed by atoms with Crippen molar-refractivity contribution in [1.29, 1.82) is 0 Å². The van der Waals surface area contributed by atoms with Crippen LogP contribution in [0.15, 0.2) is 88.2 Å². The average molecular weight is 434 g/mol. The molecule has 4 rings (SSSR count). The summed E-state index contributed by atoms with van der Waals surface area (Å²) < 4.78 is 34.1. The Balaban J connectivity index is 1.57. The van der Waals surface area contributed by atoms with Crippen molar-refractivity contribution in [3.63, 3.8) is 0 Å². The Morgan fingerprint density at radius 2 is 1.39 bits per heavy atom. The largest absolute Gasteiger partial charge is 0.416 e. The van der Waals surface area contributed by atoms with Crippen LogP contribution in [0.25, 0.3) is 22.9 Å². The zero-order valence-electron chi connectivity index (χ0n) is 17.5. The van der Waals surface area contributed by atoms with Gasteiger partial charge in [0.25, 0.3) is 10.0 Å². The van der Waals surface area contributed by atoms with Gasteiger partial charge in [-0.3, -0.25) is 4.72 Å². The second-order valence-electron chi connectivity index (χ2n) is 8.24. The Bertz CT molecular complexity index is 1290. The topological polar surface area (TPSA) is 85.1 Å². The maximum atomic E-state index is 12.8. The molecule has 0 unspecified atom stereocenters. The molecule has 7 heteroatoms. The van der Waals surface area contributed by atoms with E-state index < -0.39 is 10.0 Å². The van der Waals surface area contributed by atoms with Crippen LogP contribution in [-0.4, -0.2) is 18.6 Å². The Hall–Kier alpha value is -3.45. The Labute approximate surface area is 182 Å². The molecule has 0 bridgehead atoms. The smallest absolute Gasteiger partial charge is 0.261 e. The van der Waals surface area contributed by atoms with Crippen molar-refractivity contribution in [2.24, 2.45) is 0 Å². The van der Waals surface area contributed by atoms with Gasteiger partial charge < -0.3 is 4.42 Å². The Morgan fingerprint density at radius 1 is 0.774 bits per heavy atom. The van der Waals surface area contributed by atoms with E-state index >= 15 is 0 Å². The quantitative estimate of drug-likeness (QED) is 0.449. The minimum atomic E-state index is -3.73. The van der Waals surface area contributed by atoms with Crippen LogP contribution in [0.4, 0.5) is 5.69 Å². The molecule has 0 aliphatic rings. The van der Waals surface area contributed by atoms with E-state index in [1.54, 1.807) is 36.4 Å². The molecule has 0 saturated carbocycles. The molecule has 0 spiro atoms. The van der Waals surface area contributed by atoms with Gasteiger partial charge in [-0.1, -0.05) is 57.2 Å². The summed E-state index contributed by atoms with van der Waals surface area (Å²) in [5.41, 5.74) is 2.87. The van der Waals surface area contributed by atoms with Gasteiger partial charge in [-0.25, -0.2) is 8.42 Å². The van der Waals surface area contributed by atoms with Gasteiger partial charge in [0.2, 0.25) is 11.8 Å². The van der Waals surface area contributed by atoms with Crippen molar-refractivity contribution in [3.05, 3.63) is 84.4 Å². The molecule has 31 heavy (non-hydrogen) atoms. The van der Waals surface area contributed by atoms with Gasteiger partial charge in [0.1, 0.15) is 0 Å². The third-order valence-corrected chi connectivity index (χ3v) is 6.24. The first-order valence-corrected chi connectivity index (χ1v) is 11.3. The van der Waals surface area contributed by atoms with E-state index in [1.807, 2.05) is 42.5 Å². The lowest BCUT2D eigenvalue weighted by molar-refractivity contribution is 0.584. The molecular formula is C24H23N3O3S. The third-order valence-electron chi connectivity index (χ3n) is 4.84. The van der Waals surface area contributed by atoms with Gasteiger partial charge >= 0.3 is 0 Å². The normalized spacial score (nSPS) is 12.0. The van der Waals surface area contributed by atoms with E-state index in [0.717, 1.165) is 11.1 Å². The number of nitrogens with one attached hydrogen (secondary N) is 1. The van der Waals surface area contributed by atoms with Gasteiger partial charge in [0, 0.05) is 16.8 Å². The Morgan fingerprint density at radius 3 is 2.03 bits per heavy atom. The second kappa shape index (κ2) is 8.00. The molecule has 4 aromatic rings. The van der Waals surface area contributed by atoms with Crippen LogP contribution < -0.4 is 4.72 Å². The van der Waals surface area contributed by atoms with Gasteiger partial charge in [-0.05, 0) is 53.4 Å². The number of aromatic nitrogens is 2. The summed E-state index contributed by atoms with van der Waals surface area (Å²) >= 11 is 0. The molecule has 1 heterocycles. The SMILES string of the molecule is CC(C)(C)c1ccc(S(=O)(=O)Nc2cccc(-c3nnc(-c4ccccc4)o3)c2)cc1. The molecule has 0 atom stereocenters. The van der Waals surface area contributed by atoms with Crippen LogP contribution in [0.5, 0.6) is 0 Å². The van der Waals surface area contributed by atoms with Crippen molar-refractivity contribution in [2.45, 2.75) is 31.1 Å². The van der Waals surface area contributed by atoms with Gasteiger partial charge in [0.05, 0.1) is 4.90 Å². The van der Waals surface area contributed by atoms with E-state index in [-0.39, 0.29) is 10.3 Å². The maximum absolute atomic E-state index is 12.8. The number of hydrogen-bond acceptors (Lipinski definition) is 5. The molecule has 0 saturated heterocycles. The first kappa shape index (κ1) is 20.8. The summed E-state index contributed by atoms with van der Waals surface area (Å²) in [5, 5.41) is 8.18. The van der Waals surface area contributed by atoms with E-state index in [9.17, 15) is 8.42 Å². The second-order valence-corrected chi connectivity index (χ2v) is 9.92. The standard InChI is InChI=1S/C24H23N3O3S/c1-24(2,3)19-12-14-21(15-13-19)31(28,29)27-20-11-7-10-18(16-20)23-26-25-22(30-23)17-8-5-4-6-9-17/h4-16,27H,1-3H3. The molecule has 0 radical (unpaired) electrons. The molecule has 3 aromatic carbocycles. The van der Waals surface area contributed by atoms with Crippen LogP contribution in [0, 0.1) is 0 Å². The fourth-order valence-electron chi connectivity index (χ4n) is 3.10. The molecule has 1 aromatic heterocycles. The van der Waals surface area contributed by atoms with Crippen LogP contribution in [0.3, 0.4) is 0 Å². The lowest BCUT2D eigenvalue weighted by atomic mass is 9.87. The number of hydrogen-bond donors (Lipinski definition) is 1. The highest BCUT2D eigenvalue weighted by Crippen LogP contribution is 2.27. The first-order chi connectivity index (χ1) is 14.7. The van der Waals surface area contributed by atoms with Gasteiger partial charge in [-0.15, -0.1) is 10.2 Å². The van der Waals surface area contributed by atoms with E-state index in [2.05, 4.69) is 35.7 Å². The summed E-state index contributed by atoms with van der Waals surface area (Å²) in [5.74, 6) is 0.718. The van der Waals surface area contributed by atoms with Crippen LogP contribution in [0.1, 0.15) is 26.3 Å². The van der Waals surface area contributed by atoms with Crippen molar-refractivity contribution >= 4 is 15.7 Å². The fraction of sp³-hybridized carbons (Fsp3) is 0.167. The minimum absolute atomic E-state index is 0.0489. The summed E-state index contributed by atoms with van der Waals surface area (Å²) in [6.07, 6.45) is 0. The molecular weight excluding hydrogens is 410 g/mol. The molecule has 0 aliphatic carbocycles. The number of benzene rings is 3. The summed E-state index contributed by atoms with van der Waals surface area (Å²) in [6, 6.07) is 23.3. The Kier molecular flexibility index (Phi) is 5.37. The fourth-order valence-corrected chi connectivity index (χ4v) is 4.15. The first-order valence-electron chi connectivity index (χ1n) is 9.85. The monoisotopic (exact) mass is 433 g/mol. The molecule has 0 aliphatic heterocycles. The lowest BCUT2D eigenvalue weighted by Gasteiger charge is -2.19. The predicted molar refractivity (Wildman–Crippen MR) is 121 cm³/mol. The molecule has 6 nitrogen and oxygen atoms in total. The van der Waals surface area contributed by atoms with Crippen LogP contribution in [-0.2, 0) is 15.4 Å². The molecule has 1 N–H and O–H groups in total. The highest BCUT2D eigenvalue weighted by atomic mass is 32.2. The van der Waals surface area contributed by atoms with E-state index in [4.69, 9.17) is 4.42 Å². The maximum Gasteiger partial charge on any atom is 0.261 e. The zero-order chi connectivity index (χ0) is 22.1. The van der Waals surface area contributed by atoms with E-state index in [1.165, 1.54) is 0 Å². The zero-order valence-corrected chi connectivity index (χ0v) is 18.3. The van der Waals surface area contributed by atoms with Crippen molar-refractivity contribution in [1.82, 2.24) is 10.2 Å². The lowest BCUT2D eigenvalue weighted by Crippen LogP contribution is -2.14. The molecule has 0 fully saturated rings. The van der Waals surface area contributed by atoms with Crippen molar-refractivity contribution in [3.8, 4) is 22.9 Å². The van der Waals surface area contributed by atoms with Gasteiger partial charge in [-0.2, -0.15) is 0 Å². The summed E-state index contributed by atoms with van der Waals surface area (Å²) in [4.78, 5) is 0.204. The highest BCUT2D eigenvalue weighted by molar-refractivity contribution is 7.92. The molecule has 158 valence electrons. The summed E-state index contributed by atoms with van der Waals surface area (Å²) in [7, 11) is -3.73. The van der Waals surface area contributed by atoms with Crippen molar-refractivity contribution in [2.75, 3.05) is 4.72 Å². The number of nitrogens with zero attached hydrogens (tertiary/aromatic N) is 2. The van der Waals surface area contributed by atoms with Crippen LogP contribution >= 0.6 is 0 Å². The van der Waals surface area contributed by atoms with E-state index in [0.29, 0.717) is 23.0 Å². The van der Waals surface area contributed by atoms with Crippen molar-refractivity contribution < 1.29 is 12.8 Å². The minimum Gasteiger partial charge on any atom is -0.416 e. The summed E-state index contributed by atoms with van der Waals surface area (Å²) in [6.45, 7) is 6.25. The molecule has 0 amide bonds.